The highest BCUT2D eigenvalue weighted by atomic mass is 15.2. The molecule has 0 unspecified atom stereocenters. The van der Waals surface area contributed by atoms with E-state index < -0.39 is 0 Å². The summed E-state index contributed by atoms with van der Waals surface area (Å²) in [5.74, 6) is 1.03. The minimum Gasteiger partial charge on any atom is -0.353 e. The smallest absolute Gasteiger partial charge is 0.147 e. The predicted molar refractivity (Wildman–Crippen MR) is 70.1 cm³/mol. The Kier molecular flexibility index (Phi) is 4.31. The summed E-state index contributed by atoms with van der Waals surface area (Å²) >= 11 is 0. The van der Waals surface area contributed by atoms with Crippen molar-refractivity contribution in [3.63, 3.8) is 0 Å². The molecule has 1 N–H and O–H groups in total. The molecular weight excluding hydrogens is 212 g/mol. The van der Waals surface area contributed by atoms with Gasteiger partial charge in [0.2, 0.25) is 0 Å². The highest BCUT2D eigenvalue weighted by molar-refractivity contribution is 5.37. The van der Waals surface area contributed by atoms with Crippen molar-refractivity contribution in [2.24, 2.45) is 0 Å². The third kappa shape index (κ3) is 2.94. The van der Waals surface area contributed by atoms with E-state index in [4.69, 9.17) is 0 Å². The third-order valence-electron chi connectivity index (χ3n) is 3.45. The standard InChI is InChI=1S/C13H22N4/c1-3-17(12-6-4-5-7-12)13-10-15-11(8-14-2)9-16-13/h9-10,12,14H,3-8H2,1-2H3. The van der Waals surface area contributed by atoms with E-state index in [1.165, 1.54) is 25.7 Å². The van der Waals surface area contributed by atoms with E-state index in [0.717, 1.165) is 24.6 Å². The quantitative estimate of drug-likeness (QED) is 0.845. The second kappa shape index (κ2) is 5.96. The molecule has 0 amide bonds. The summed E-state index contributed by atoms with van der Waals surface area (Å²) < 4.78 is 0. The average Bonchev–Trinajstić information content (AvgIpc) is 2.86. The van der Waals surface area contributed by atoms with Crippen LogP contribution >= 0.6 is 0 Å². The summed E-state index contributed by atoms with van der Waals surface area (Å²) in [5, 5.41) is 3.09. The Hall–Kier alpha value is -1.16. The minimum absolute atomic E-state index is 0.671. The summed E-state index contributed by atoms with van der Waals surface area (Å²) in [6.45, 7) is 4.00. The summed E-state index contributed by atoms with van der Waals surface area (Å²) in [6, 6.07) is 0.671. The number of nitrogens with zero attached hydrogens (tertiary/aromatic N) is 3. The zero-order valence-electron chi connectivity index (χ0n) is 10.8. The largest absolute Gasteiger partial charge is 0.353 e. The van der Waals surface area contributed by atoms with Gasteiger partial charge in [-0.25, -0.2) is 4.98 Å². The Balaban J connectivity index is 2.07. The van der Waals surface area contributed by atoms with Gasteiger partial charge in [0, 0.05) is 19.1 Å². The molecule has 2 rings (SSSR count). The molecule has 1 aliphatic carbocycles. The first kappa shape index (κ1) is 12.3. The Labute approximate surface area is 103 Å². The summed E-state index contributed by atoms with van der Waals surface area (Å²) in [4.78, 5) is 11.4. The molecule has 1 fully saturated rings. The molecule has 1 heterocycles. The number of nitrogens with one attached hydrogen (secondary N) is 1. The van der Waals surface area contributed by atoms with Crippen molar-refractivity contribution in [1.82, 2.24) is 15.3 Å². The van der Waals surface area contributed by atoms with Crippen LogP contribution in [0.15, 0.2) is 12.4 Å². The first-order chi connectivity index (χ1) is 8.35. The lowest BCUT2D eigenvalue weighted by atomic mass is 10.2. The van der Waals surface area contributed by atoms with Gasteiger partial charge in [-0.2, -0.15) is 0 Å². The van der Waals surface area contributed by atoms with Gasteiger partial charge in [-0.05, 0) is 26.8 Å². The highest BCUT2D eigenvalue weighted by Gasteiger charge is 2.22. The van der Waals surface area contributed by atoms with Gasteiger partial charge in [-0.15, -0.1) is 0 Å². The second-order valence-corrected chi connectivity index (χ2v) is 4.62. The Morgan fingerprint density at radius 1 is 1.29 bits per heavy atom. The van der Waals surface area contributed by atoms with Gasteiger partial charge < -0.3 is 10.2 Å². The fourth-order valence-electron chi connectivity index (χ4n) is 2.59. The van der Waals surface area contributed by atoms with Gasteiger partial charge in [-0.1, -0.05) is 12.8 Å². The molecule has 0 spiro atoms. The van der Waals surface area contributed by atoms with Crippen LogP contribution in [0.1, 0.15) is 38.3 Å². The first-order valence-corrected chi connectivity index (χ1v) is 6.57. The number of aromatic nitrogens is 2. The third-order valence-corrected chi connectivity index (χ3v) is 3.45. The number of hydrogen-bond acceptors (Lipinski definition) is 4. The number of hydrogen-bond donors (Lipinski definition) is 1. The van der Waals surface area contributed by atoms with E-state index >= 15 is 0 Å². The van der Waals surface area contributed by atoms with Crippen LogP contribution in [0.4, 0.5) is 5.82 Å². The molecule has 1 saturated carbocycles. The molecule has 1 aromatic heterocycles. The zero-order valence-corrected chi connectivity index (χ0v) is 10.8. The maximum atomic E-state index is 4.54. The van der Waals surface area contributed by atoms with Gasteiger partial charge in [0.25, 0.3) is 0 Å². The summed E-state index contributed by atoms with van der Waals surface area (Å²) in [7, 11) is 1.92. The van der Waals surface area contributed by atoms with E-state index in [1.807, 2.05) is 19.4 Å². The van der Waals surface area contributed by atoms with Crippen LogP contribution in [-0.4, -0.2) is 29.6 Å². The van der Waals surface area contributed by atoms with Crippen molar-refractivity contribution in [2.45, 2.75) is 45.2 Å². The van der Waals surface area contributed by atoms with Crippen molar-refractivity contribution in [2.75, 3.05) is 18.5 Å². The Morgan fingerprint density at radius 3 is 2.59 bits per heavy atom. The minimum atomic E-state index is 0.671. The van der Waals surface area contributed by atoms with Gasteiger partial charge in [0.15, 0.2) is 0 Å². The molecule has 1 aromatic rings. The van der Waals surface area contributed by atoms with E-state index in [2.05, 4.69) is 27.1 Å². The van der Waals surface area contributed by atoms with Gasteiger partial charge >= 0.3 is 0 Å². The molecule has 0 aromatic carbocycles. The van der Waals surface area contributed by atoms with Crippen molar-refractivity contribution < 1.29 is 0 Å². The normalized spacial score (nSPS) is 16.4. The Bertz CT molecular complexity index is 330. The van der Waals surface area contributed by atoms with Crippen LogP contribution < -0.4 is 10.2 Å². The van der Waals surface area contributed by atoms with Crippen LogP contribution in [0, 0.1) is 0 Å². The average molecular weight is 234 g/mol. The lowest BCUT2D eigenvalue weighted by Crippen LogP contribution is -2.33. The van der Waals surface area contributed by atoms with Crippen molar-refractivity contribution in [3.05, 3.63) is 18.1 Å². The van der Waals surface area contributed by atoms with Gasteiger partial charge in [-0.3, -0.25) is 4.98 Å². The number of anilines is 1. The first-order valence-electron chi connectivity index (χ1n) is 6.57. The molecule has 94 valence electrons. The molecule has 0 aliphatic heterocycles. The zero-order chi connectivity index (χ0) is 12.1. The van der Waals surface area contributed by atoms with Crippen molar-refractivity contribution >= 4 is 5.82 Å². The molecule has 0 atom stereocenters. The molecule has 0 bridgehead atoms. The van der Waals surface area contributed by atoms with Crippen molar-refractivity contribution in [1.29, 1.82) is 0 Å². The molecule has 0 radical (unpaired) electrons. The highest BCUT2D eigenvalue weighted by Crippen LogP contribution is 2.26. The maximum Gasteiger partial charge on any atom is 0.147 e. The van der Waals surface area contributed by atoms with E-state index in [0.29, 0.717) is 6.04 Å². The van der Waals surface area contributed by atoms with E-state index in [9.17, 15) is 0 Å². The maximum absolute atomic E-state index is 4.54. The molecule has 4 nitrogen and oxygen atoms in total. The van der Waals surface area contributed by atoms with Crippen LogP contribution in [0.5, 0.6) is 0 Å². The molecule has 1 aliphatic rings. The summed E-state index contributed by atoms with van der Waals surface area (Å²) in [6.07, 6.45) is 9.10. The molecule has 17 heavy (non-hydrogen) atoms. The Morgan fingerprint density at radius 2 is 2.06 bits per heavy atom. The van der Waals surface area contributed by atoms with Crippen molar-refractivity contribution in [3.8, 4) is 0 Å². The molecular formula is C13H22N4. The van der Waals surface area contributed by atoms with Gasteiger partial charge in [0.1, 0.15) is 5.82 Å². The second-order valence-electron chi connectivity index (χ2n) is 4.62. The van der Waals surface area contributed by atoms with Crippen LogP contribution in [-0.2, 0) is 6.54 Å². The lowest BCUT2D eigenvalue weighted by molar-refractivity contribution is 0.611. The van der Waals surface area contributed by atoms with Crippen LogP contribution in [0.2, 0.25) is 0 Å². The fraction of sp³-hybridized carbons (Fsp3) is 0.692. The van der Waals surface area contributed by atoms with Crippen LogP contribution in [0.3, 0.4) is 0 Å². The molecule has 0 saturated heterocycles. The lowest BCUT2D eigenvalue weighted by Gasteiger charge is -2.28. The van der Waals surface area contributed by atoms with Crippen LogP contribution in [0.25, 0.3) is 0 Å². The summed E-state index contributed by atoms with van der Waals surface area (Å²) in [5.41, 5.74) is 0.999. The monoisotopic (exact) mass is 234 g/mol. The number of rotatable bonds is 5. The topological polar surface area (TPSA) is 41.1 Å². The SMILES string of the molecule is CCN(c1cnc(CNC)cn1)C1CCCC1. The molecule has 4 heteroatoms. The van der Waals surface area contributed by atoms with E-state index in [-0.39, 0.29) is 0 Å². The predicted octanol–water partition coefficient (Wildman–Crippen LogP) is 1.96. The van der Waals surface area contributed by atoms with E-state index in [1.54, 1.807) is 0 Å². The van der Waals surface area contributed by atoms with Gasteiger partial charge in [0.05, 0.1) is 18.1 Å². The fourth-order valence-corrected chi connectivity index (χ4v) is 2.59.